The first-order chi connectivity index (χ1) is 12.8. The Hall–Kier alpha value is -2.90. The summed E-state index contributed by atoms with van der Waals surface area (Å²) in [6.07, 6.45) is -0.202. The number of hydrogen-bond donors (Lipinski definition) is 0. The Bertz CT molecular complexity index is 994. The third-order valence-corrected chi connectivity index (χ3v) is 5.02. The van der Waals surface area contributed by atoms with Gasteiger partial charge >= 0.3 is 6.18 Å². The van der Waals surface area contributed by atoms with Gasteiger partial charge in [0.2, 0.25) is 0 Å². The number of benzene rings is 1. The predicted molar refractivity (Wildman–Crippen MR) is 93.2 cm³/mol. The summed E-state index contributed by atoms with van der Waals surface area (Å²) in [5.41, 5.74) is 1.29. The Labute approximate surface area is 153 Å². The molecule has 4 rings (SSSR count). The summed E-state index contributed by atoms with van der Waals surface area (Å²) in [6, 6.07) is 6.20. The van der Waals surface area contributed by atoms with E-state index in [1.807, 2.05) is 17.7 Å². The number of fused-ring (bicyclic) bond motifs is 1. The quantitative estimate of drug-likeness (QED) is 0.689. The van der Waals surface area contributed by atoms with E-state index in [-0.39, 0.29) is 17.4 Å². The number of hydrogen-bond acceptors (Lipinski definition) is 3. The Morgan fingerprint density at radius 2 is 1.93 bits per heavy atom. The maximum Gasteiger partial charge on any atom is 0.416 e. The summed E-state index contributed by atoms with van der Waals surface area (Å²) in [5.74, 6) is 0.716. The van der Waals surface area contributed by atoms with Crippen molar-refractivity contribution in [2.24, 2.45) is 7.05 Å². The molecule has 0 N–H and O–H groups in total. The van der Waals surface area contributed by atoms with Crippen molar-refractivity contribution in [3.63, 3.8) is 0 Å². The van der Waals surface area contributed by atoms with Crippen LogP contribution in [-0.4, -0.2) is 38.4 Å². The molecule has 0 saturated carbocycles. The highest BCUT2D eigenvalue weighted by molar-refractivity contribution is 5.94. The molecule has 5 nitrogen and oxygen atoms in total. The van der Waals surface area contributed by atoms with Crippen LogP contribution in [0.4, 0.5) is 13.2 Å². The molecule has 8 heteroatoms. The van der Waals surface area contributed by atoms with Crippen molar-refractivity contribution in [1.82, 2.24) is 19.4 Å². The fourth-order valence-electron chi connectivity index (χ4n) is 3.56. The largest absolute Gasteiger partial charge is 0.416 e. The summed E-state index contributed by atoms with van der Waals surface area (Å²) in [4.78, 5) is 23.1. The number of rotatable bonds is 2. The van der Waals surface area contributed by atoms with Gasteiger partial charge in [-0.1, -0.05) is 0 Å². The zero-order valence-corrected chi connectivity index (χ0v) is 14.6. The molecular formula is C19H17F3N4O. The molecule has 140 valence electrons. The van der Waals surface area contributed by atoms with Gasteiger partial charge in [0.25, 0.3) is 5.91 Å². The van der Waals surface area contributed by atoms with E-state index in [4.69, 9.17) is 0 Å². The highest BCUT2D eigenvalue weighted by Crippen LogP contribution is 2.31. The number of carbonyl (C=O) groups is 1. The zero-order chi connectivity index (χ0) is 19.2. The van der Waals surface area contributed by atoms with Gasteiger partial charge in [0.1, 0.15) is 5.82 Å². The molecule has 3 aromatic rings. The third-order valence-electron chi connectivity index (χ3n) is 5.02. The van der Waals surface area contributed by atoms with Crippen LogP contribution in [0, 0.1) is 0 Å². The van der Waals surface area contributed by atoms with Crippen molar-refractivity contribution < 1.29 is 18.0 Å². The number of alkyl halides is 3. The van der Waals surface area contributed by atoms with E-state index in [2.05, 4.69) is 9.97 Å². The number of carbonyl (C=O) groups excluding carboxylic acids is 1. The fourth-order valence-corrected chi connectivity index (χ4v) is 3.56. The van der Waals surface area contributed by atoms with Gasteiger partial charge in [-0.05, 0) is 36.8 Å². The van der Waals surface area contributed by atoms with Crippen LogP contribution < -0.4 is 0 Å². The van der Waals surface area contributed by atoms with E-state index in [1.165, 1.54) is 12.1 Å². The second kappa shape index (κ2) is 6.37. The monoisotopic (exact) mass is 374 g/mol. The van der Waals surface area contributed by atoms with Crippen LogP contribution in [0.1, 0.15) is 34.1 Å². The molecule has 1 aromatic carbocycles. The molecule has 27 heavy (non-hydrogen) atoms. The first-order valence-corrected chi connectivity index (χ1v) is 8.57. The summed E-state index contributed by atoms with van der Waals surface area (Å²) < 4.78 is 40.0. The molecule has 1 aliphatic rings. The molecule has 0 spiro atoms. The normalized spacial score (nSPS) is 17.6. The van der Waals surface area contributed by atoms with Crippen molar-refractivity contribution in [2.75, 3.05) is 13.1 Å². The van der Waals surface area contributed by atoms with E-state index in [9.17, 15) is 18.0 Å². The van der Waals surface area contributed by atoms with E-state index in [0.717, 1.165) is 35.4 Å². The van der Waals surface area contributed by atoms with Crippen LogP contribution in [0.25, 0.3) is 11.0 Å². The van der Waals surface area contributed by atoms with Crippen LogP contribution in [0.3, 0.4) is 0 Å². The lowest BCUT2D eigenvalue weighted by Crippen LogP contribution is -2.28. The summed E-state index contributed by atoms with van der Waals surface area (Å²) >= 11 is 0. The Kier molecular flexibility index (Phi) is 4.13. The standard InChI is InChI=1S/C19H17F3N4O/c1-25-16-10-23-8-6-15(16)24-17(25)13-7-9-26(11-13)18(27)12-2-4-14(5-3-12)19(20,21)22/h2-6,8,10,13H,7,9,11H2,1H3/t13-/m0/s1. The highest BCUT2D eigenvalue weighted by atomic mass is 19.4. The second-order valence-corrected chi connectivity index (χ2v) is 6.71. The maximum atomic E-state index is 12.7. The van der Waals surface area contributed by atoms with E-state index >= 15 is 0 Å². The van der Waals surface area contributed by atoms with Gasteiger partial charge in [0.15, 0.2) is 0 Å². The van der Waals surface area contributed by atoms with E-state index in [0.29, 0.717) is 13.1 Å². The summed E-state index contributed by atoms with van der Waals surface area (Å²) in [7, 11) is 1.92. The van der Waals surface area contributed by atoms with Crippen molar-refractivity contribution in [3.8, 4) is 0 Å². The maximum absolute atomic E-state index is 12.7. The highest BCUT2D eigenvalue weighted by Gasteiger charge is 2.33. The minimum Gasteiger partial charge on any atom is -0.338 e. The SMILES string of the molecule is Cn1c([C@H]2CCN(C(=O)c3ccc(C(F)(F)F)cc3)C2)nc2ccncc21. The minimum absolute atomic E-state index is 0.0841. The molecule has 1 amide bonds. The van der Waals surface area contributed by atoms with Crippen LogP contribution in [0.15, 0.2) is 42.7 Å². The average Bonchev–Trinajstić information content (AvgIpc) is 3.26. The van der Waals surface area contributed by atoms with E-state index < -0.39 is 11.7 Å². The number of aromatic nitrogens is 3. The number of nitrogens with zero attached hydrogens (tertiary/aromatic N) is 4. The first kappa shape index (κ1) is 17.5. The number of imidazole rings is 1. The lowest BCUT2D eigenvalue weighted by Gasteiger charge is -2.17. The third kappa shape index (κ3) is 3.15. The number of pyridine rings is 1. The molecule has 0 aliphatic carbocycles. The molecule has 1 atom stereocenters. The molecular weight excluding hydrogens is 357 g/mol. The van der Waals surface area contributed by atoms with Gasteiger partial charge in [-0.15, -0.1) is 0 Å². The minimum atomic E-state index is -4.41. The van der Waals surface area contributed by atoms with Crippen molar-refractivity contribution in [3.05, 3.63) is 59.7 Å². The molecule has 0 bridgehead atoms. The second-order valence-electron chi connectivity index (χ2n) is 6.71. The Balaban J connectivity index is 1.52. The van der Waals surface area contributed by atoms with Crippen LogP contribution in [0.5, 0.6) is 0 Å². The van der Waals surface area contributed by atoms with Gasteiger partial charge in [-0.3, -0.25) is 9.78 Å². The van der Waals surface area contributed by atoms with Crippen LogP contribution in [-0.2, 0) is 13.2 Å². The van der Waals surface area contributed by atoms with Gasteiger partial charge in [0.05, 0.1) is 22.8 Å². The molecule has 0 radical (unpaired) electrons. The van der Waals surface area contributed by atoms with Crippen LogP contribution >= 0.6 is 0 Å². The van der Waals surface area contributed by atoms with Crippen molar-refractivity contribution in [1.29, 1.82) is 0 Å². The van der Waals surface area contributed by atoms with Gasteiger partial charge in [-0.25, -0.2) is 4.98 Å². The fraction of sp³-hybridized carbons (Fsp3) is 0.316. The number of halogens is 3. The number of amides is 1. The zero-order valence-electron chi connectivity index (χ0n) is 14.6. The first-order valence-electron chi connectivity index (χ1n) is 8.57. The Morgan fingerprint density at radius 3 is 2.59 bits per heavy atom. The number of aryl methyl sites for hydroxylation is 1. The Morgan fingerprint density at radius 1 is 1.19 bits per heavy atom. The molecule has 1 fully saturated rings. The molecule has 0 unspecified atom stereocenters. The smallest absolute Gasteiger partial charge is 0.338 e. The van der Waals surface area contributed by atoms with Gasteiger partial charge < -0.3 is 9.47 Å². The predicted octanol–water partition coefficient (Wildman–Crippen LogP) is 3.62. The average molecular weight is 374 g/mol. The topological polar surface area (TPSA) is 51.0 Å². The summed E-state index contributed by atoms with van der Waals surface area (Å²) in [5, 5.41) is 0. The molecule has 1 aliphatic heterocycles. The van der Waals surface area contributed by atoms with Crippen molar-refractivity contribution >= 4 is 16.9 Å². The molecule has 1 saturated heterocycles. The van der Waals surface area contributed by atoms with Gasteiger partial charge in [-0.2, -0.15) is 13.2 Å². The van der Waals surface area contributed by atoms with Gasteiger partial charge in [0, 0.05) is 37.8 Å². The lowest BCUT2D eigenvalue weighted by molar-refractivity contribution is -0.137. The molecule has 2 aromatic heterocycles. The molecule has 3 heterocycles. The number of likely N-dealkylation sites (tertiary alicyclic amines) is 1. The van der Waals surface area contributed by atoms with Crippen LogP contribution in [0.2, 0.25) is 0 Å². The van der Waals surface area contributed by atoms with E-state index in [1.54, 1.807) is 17.3 Å². The summed E-state index contributed by atoms with van der Waals surface area (Å²) in [6.45, 7) is 1.04. The lowest BCUT2D eigenvalue weighted by atomic mass is 10.1. The van der Waals surface area contributed by atoms with Crippen molar-refractivity contribution in [2.45, 2.75) is 18.5 Å².